The first-order chi connectivity index (χ1) is 13.6. The van der Waals surface area contributed by atoms with Gasteiger partial charge in [-0.15, -0.1) is 0 Å². The summed E-state index contributed by atoms with van der Waals surface area (Å²) in [4.78, 5) is 0. The van der Waals surface area contributed by atoms with E-state index in [-0.39, 0.29) is 6.10 Å². The molecule has 0 bridgehead atoms. The lowest BCUT2D eigenvalue weighted by Crippen LogP contribution is -2.05. The molecular formula is C21H24N4O2S. The minimum atomic E-state index is 0.0957. The molecule has 2 aromatic carbocycles. The van der Waals surface area contributed by atoms with Crippen LogP contribution in [0.15, 0.2) is 53.6 Å². The average Bonchev–Trinajstić information content (AvgIpc) is 3.06. The van der Waals surface area contributed by atoms with E-state index in [9.17, 15) is 0 Å². The SMILES string of the molecule is CCCOc1ccc(/C=N\n2c(-c3cccc(OC(C)C)c3)n[nH]c2=S)cc1. The third-order valence-electron chi connectivity index (χ3n) is 3.79. The number of hydrogen-bond donors (Lipinski definition) is 1. The van der Waals surface area contributed by atoms with Gasteiger partial charge in [0, 0.05) is 5.56 Å². The molecule has 0 radical (unpaired) electrons. The summed E-state index contributed by atoms with van der Waals surface area (Å²) in [6.07, 6.45) is 2.82. The van der Waals surface area contributed by atoms with Crippen LogP contribution in [0.2, 0.25) is 0 Å². The second-order valence-electron chi connectivity index (χ2n) is 6.52. The molecule has 28 heavy (non-hydrogen) atoms. The largest absolute Gasteiger partial charge is 0.494 e. The van der Waals surface area contributed by atoms with Gasteiger partial charge in [-0.3, -0.25) is 0 Å². The van der Waals surface area contributed by atoms with E-state index in [1.807, 2.05) is 62.4 Å². The summed E-state index contributed by atoms with van der Waals surface area (Å²) in [6.45, 7) is 6.77. The van der Waals surface area contributed by atoms with Gasteiger partial charge in [0.05, 0.1) is 18.9 Å². The first kappa shape index (κ1) is 19.8. The van der Waals surface area contributed by atoms with E-state index < -0.39 is 0 Å². The van der Waals surface area contributed by atoms with Crippen molar-refractivity contribution in [1.29, 1.82) is 0 Å². The molecule has 0 saturated carbocycles. The first-order valence-electron chi connectivity index (χ1n) is 9.28. The van der Waals surface area contributed by atoms with E-state index in [1.165, 1.54) is 0 Å². The fraction of sp³-hybridized carbons (Fsp3) is 0.286. The number of H-pyrrole nitrogens is 1. The molecule has 0 aliphatic carbocycles. The fourth-order valence-electron chi connectivity index (χ4n) is 2.56. The van der Waals surface area contributed by atoms with E-state index in [4.69, 9.17) is 21.7 Å². The Bertz CT molecular complexity index is 990. The van der Waals surface area contributed by atoms with Gasteiger partial charge in [-0.1, -0.05) is 19.1 Å². The quantitative estimate of drug-likeness (QED) is 0.427. The van der Waals surface area contributed by atoms with Crippen LogP contribution in [0.25, 0.3) is 11.4 Å². The second-order valence-corrected chi connectivity index (χ2v) is 6.91. The average molecular weight is 397 g/mol. The number of benzene rings is 2. The molecule has 3 aromatic rings. The predicted molar refractivity (Wildman–Crippen MR) is 114 cm³/mol. The molecule has 3 rings (SSSR count). The Morgan fingerprint density at radius 1 is 1.18 bits per heavy atom. The molecule has 6 nitrogen and oxygen atoms in total. The molecule has 146 valence electrons. The molecule has 0 saturated heterocycles. The maximum absolute atomic E-state index is 5.77. The van der Waals surface area contributed by atoms with Crippen LogP contribution >= 0.6 is 12.2 Å². The normalized spacial score (nSPS) is 11.3. The number of aromatic amines is 1. The number of aromatic nitrogens is 3. The van der Waals surface area contributed by atoms with E-state index in [2.05, 4.69) is 22.2 Å². The van der Waals surface area contributed by atoms with E-state index in [1.54, 1.807) is 10.9 Å². The van der Waals surface area contributed by atoms with Crippen LogP contribution < -0.4 is 9.47 Å². The Kier molecular flexibility index (Phi) is 6.60. The van der Waals surface area contributed by atoms with Crippen molar-refractivity contribution in [2.45, 2.75) is 33.3 Å². The molecule has 1 heterocycles. The summed E-state index contributed by atoms with van der Waals surface area (Å²) >= 11 is 5.34. The Morgan fingerprint density at radius 2 is 1.96 bits per heavy atom. The van der Waals surface area contributed by atoms with Crippen molar-refractivity contribution >= 4 is 18.4 Å². The van der Waals surface area contributed by atoms with Crippen molar-refractivity contribution in [2.24, 2.45) is 5.10 Å². The first-order valence-corrected chi connectivity index (χ1v) is 9.69. The van der Waals surface area contributed by atoms with Crippen molar-refractivity contribution in [3.05, 3.63) is 58.9 Å². The lowest BCUT2D eigenvalue weighted by molar-refractivity contribution is 0.242. The molecule has 0 aliphatic heterocycles. The van der Waals surface area contributed by atoms with Crippen LogP contribution in [0.1, 0.15) is 32.8 Å². The standard InChI is InChI=1S/C21H24N4O2S/c1-4-12-26-18-10-8-16(9-11-18)14-22-25-20(23-24-21(25)28)17-6-5-7-19(13-17)27-15(2)3/h5-11,13-15H,4,12H2,1-3H3,(H,24,28)/b22-14-. The fourth-order valence-corrected chi connectivity index (χ4v) is 2.74. The van der Waals surface area contributed by atoms with Crippen LogP contribution in [0, 0.1) is 4.77 Å². The van der Waals surface area contributed by atoms with Crippen LogP contribution in [0.5, 0.6) is 11.5 Å². The molecule has 0 atom stereocenters. The zero-order valence-electron chi connectivity index (χ0n) is 16.3. The summed E-state index contributed by atoms with van der Waals surface area (Å²) in [5.74, 6) is 2.25. The zero-order valence-corrected chi connectivity index (χ0v) is 17.1. The minimum absolute atomic E-state index is 0.0957. The van der Waals surface area contributed by atoms with E-state index >= 15 is 0 Å². The highest BCUT2D eigenvalue weighted by molar-refractivity contribution is 7.71. The lowest BCUT2D eigenvalue weighted by Gasteiger charge is -2.10. The van der Waals surface area contributed by atoms with Crippen molar-refractivity contribution in [3.63, 3.8) is 0 Å². The molecular weight excluding hydrogens is 372 g/mol. The van der Waals surface area contributed by atoms with Gasteiger partial charge in [0.15, 0.2) is 5.82 Å². The van der Waals surface area contributed by atoms with Gasteiger partial charge in [0.1, 0.15) is 11.5 Å². The molecule has 0 fully saturated rings. The van der Waals surface area contributed by atoms with Gasteiger partial charge in [-0.05, 0) is 74.4 Å². The highest BCUT2D eigenvalue weighted by Crippen LogP contribution is 2.23. The maximum atomic E-state index is 5.77. The zero-order chi connectivity index (χ0) is 19.9. The number of rotatable bonds is 8. The van der Waals surface area contributed by atoms with Crippen LogP contribution in [0.4, 0.5) is 0 Å². The van der Waals surface area contributed by atoms with Crippen LogP contribution in [-0.4, -0.2) is 33.8 Å². The van der Waals surface area contributed by atoms with Gasteiger partial charge in [0.2, 0.25) is 4.77 Å². The van der Waals surface area contributed by atoms with E-state index in [0.717, 1.165) is 29.0 Å². The van der Waals surface area contributed by atoms with Gasteiger partial charge in [-0.2, -0.15) is 14.9 Å². The molecule has 0 unspecified atom stereocenters. The van der Waals surface area contributed by atoms with Gasteiger partial charge in [-0.25, -0.2) is 5.10 Å². The maximum Gasteiger partial charge on any atom is 0.216 e. The summed E-state index contributed by atoms with van der Waals surface area (Å²) in [5, 5.41) is 11.6. The predicted octanol–water partition coefficient (Wildman–Crippen LogP) is 5.07. The Balaban J connectivity index is 1.83. The smallest absolute Gasteiger partial charge is 0.216 e. The Hall–Kier alpha value is -2.93. The molecule has 1 N–H and O–H groups in total. The second kappa shape index (κ2) is 9.32. The molecule has 7 heteroatoms. The lowest BCUT2D eigenvalue weighted by atomic mass is 10.2. The Labute approximate surface area is 169 Å². The summed E-state index contributed by atoms with van der Waals surface area (Å²) in [6, 6.07) is 15.5. The van der Waals surface area contributed by atoms with Crippen molar-refractivity contribution in [1.82, 2.24) is 14.9 Å². The van der Waals surface area contributed by atoms with Crippen molar-refractivity contribution < 1.29 is 9.47 Å². The number of nitrogens with zero attached hydrogens (tertiary/aromatic N) is 3. The molecule has 0 spiro atoms. The van der Waals surface area contributed by atoms with Crippen molar-refractivity contribution in [3.8, 4) is 22.9 Å². The molecule has 0 amide bonds. The summed E-state index contributed by atoms with van der Waals surface area (Å²) < 4.78 is 13.4. The number of hydrogen-bond acceptors (Lipinski definition) is 5. The number of ether oxygens (including phenoxy) is 2. The monoisotopic (exact) mass is 396 g/mol. The Morgan fingerprint density at radius 3 is 2.68 bits per heavy atom. The minimum Gasteiger partial charge on any atom is -0.494 e. The van der Waals surface area contributed by atoms with Crippen LogP contribution in [0.3, 0.4) is 0 Å². The van der Waals surface area contributed by atoms with E-state index in [0.29, 0.717) is 17.2 Å². The number of nitrogens with one attached hydrogen (secondary N) is 1. The van der Waals surface area contributed by atoms with Gasteiger partial charge < -0.3 is 9.47 Å². The van der Waals surface area contributed by atoms with Crippen molar-refractivity contribution in [2.75, 3.05) is 6.61 Å². The highest BCUT2D eigenvalue weighted by atomic mass is 32.1. The summed E-state index contributed by atoms with van der Waals surface area (Å²) in [7, 11) is 0. The highest BCUT2D eigenvalue weighted by Gasteiger charge is 2.09. The van der Waals surface area contributed by atoms with Gasteiger partial charge in [0.25, 0.3) is 0 Å². The van der Waals surface area contributed by atoms with Crippen LogP contribution in [-0.2, 0) is 0 Å². The third kappa shape index (κ3) is 5.07. The molecule has 0 aliphatic rings. The van der Waals surface area contributed by atoms with Gasteiger partial charge >= 0.3 is 0 Å². The molecule has 1 aromatic heterocycles. The third-order valence-corrected chi connectivity index (χ3v) is 4.05. The summed E-state index contributed by atoms with van der Waals surface area (Å²) in [5.41, 5.74) is 1.81. The topological polar surface area (TPSA) is 64.4 Å².